The fourth-order valence-corrected chi connectivity index (χ4v) is 1.86. The molecule has 0 aliphatic heterocycles. The molecule has 0 atom stereocenters. The maximum absolute atomic E-state index is 5.61. The van der Waals surface area contributed by atoms with Gasteiger partial charge in [-0.15, -0.1) is 0 Å². The second-order valence-corrected chi connectivity index (χ2v) is 4.55. The molecule has 0 bridgehead atoms. The second kappa shape index (κ2) is 5.22. The lowest BCUT2D eigenvalue weighted by atomic mass is 10.2. The second-order valence-electron chi connectivity index (χ2n) is 3.69. The molecule has 0 unspecified atom stereocenters. The molecule has 0 amide bonds. The van der Waals surface area contributed by atoms with E-state index in [-0.39, 0.29) is 5.95 Å². The molecule has 0 saturated heterocycles. The molecule has 0 radical (unpaired) electrons. The molecule has 0 fully saturated rings. The molecular formula is C12H13BrN4O. The molecule has 6 heteroatoms. The molecule has 0 aliphatic carbocycles. The van der Waals surface area contributed by atoms with Crippen molar-refractivity contribution in [3.63, 3.8) is 0 Å². The van der Waals surface area contributed by atoms with E-state index in [2.05, 4.69) is 31.2 Å². The van der Waals surface area contributed by atoms with Gasteiger partial charge in [-0.2, -0.15) is 9.97 Å². The van der Waals surface area contributed by atoms with Gasteiger partial charge in [-0.1, -0.05) is 22.0 Å². The normalized spacial score (nSPS) is 10.2. The van der Waals surface area contributed by atoms with E-state index in [0.717, 1.165) is 15.7 Å². The molecule has 0 saturated carbocycles. The first-order chi connectivity index (χ1) is 8.60. The number of benzene rings is 1. The van der Waals surface area contributed by atoms with E-state index >= 15 is 0 Å². The van der Waals surface area contributed by atoms with Crippen LogP contribution in [0, 0.1) is 6.92 Å². The third-order valence-electron chi connectivity index (χ3n) is 2.46. The Bertz CT molecular complexity index is 574. The predicted octanol–water partition coefficient (Wildman–Crippen LogP) is 2.88. The minimum atomic E-state index is 0.171. The summed E-state index contributed by atoms with van der Waals surface area (Å²) in [6, 6.07) is 7.58. The molecule has 1 heterocycles. The first-order valence-corrected chi connectivity index (χ1v) is 6.10. The summed E-state index contributed by atoms with van der Waals surface area (Å²) in [7, 11) is 1.54. The van der Waals surface area contributed by atoms with Gasteiger partial charge in [0.05, 0.1) is 7.11 Å². The molecule has 5 nitrogen and oxygen atoms in total. The summed E-state index contributed by atoms with van der Waals surface area (Å²) in [5.74, 6) is 1.20. The van der Waals surface area contributed by atoms with Crippen LogP contribution in [0.25, 0.3) is 0 Å². The van der Waals surface area contributed by atoms with Crippen molar-refractivity contribution in [2.24, 2.45) is 0 Å². The smallest absolute Gasteiger partial charge is 0.225 e. The molecular weight excluding hydrogens is 296 g/mol. The van der Waals surface area contributed by atoms with Gasteiger partial charge in [-0.05, 0) is 24.6 Å². The average molecular weight is 309 g/mol. The number of hydrogen-bond donors (Lipinski definition) is 2. The molecule has 3 N–H and O–H groups in total. The number of ether oxygens (including phenoxy) is 1. The Balaban J connectivity index is 2.34. The quantitative estimate of drug-likeness (QED) is 0.912. The minimum absolute atomic E-state index is 0.171. The summed E-state index contributed by atoms with van der Waals surface area (Å²) in [5, 5.41) is 3.19. The highest BCUT2D eigenvalue weighted by Crippen LogP contribution is 2.26. The average Bonchev–Trinajstić information content (AvgIpc) is 2.34. The maximum atomic E-state index is 5.61. The van der Waals surface area contributed by atoms with Crippen LogP contribution < -0.4 is 15.8 Å². The molecule has 1 aromatic carbocycles. The van der Waals surface area contributed by atoms with E-state index in [1.807, 2.05) is 25.1 Å². The van der Waals surface area contributed by atoms with E-state index in [9.17, 15) is 0 Å². The summed E-state index contributed by atoms with van der Waals surface area (Å²) >= 11 is 3.48. The third kappa shape index (κ3) is 2.70. The summed E-state index contributed by atoms with van der Waals surface area (Å²) < 4.78 is 6.08. The van der Waals surface area contributed by atoms with Crippen molar-refractivity contribution in [3.05, 3.63) is 34.3 Å². The molecule has 0 aliphatic rings. The molecule has 2 rings (SSSR count). The van der Waals surface area contributed by atoms with Crippen LogP contribution in [0.1, 0.15) is 5.56 Å². The third-order valence-corrected chi connectivity index (χ3v) is 3.32. The van der Waals surface area contributed by atoms with Crippen molar-refractivity contribution in [2.45, 2.75) is 6.92 Å². The largest absolute Gasteiger partial charge is 0.481 e. The highest BCUT2D eigenvalue weighted by molar-refractivity contribution is 9.10. The van der Waals surface area contributed by atoms with Crippen LogP contribution in [0.3, 0.4) is 0 Å². The number of aromatic nitrogens is 2. The Morgan fingerprint density at radius 1 is 1.33 bits per heavy atom. The number of nitrogen functional groups attached to an aromatic ring is 1. The topological polar surface area (TPSA) is 73.1 Å². The van der Waals surface area contributed by atoms with Gasteiger partial charge in [0.2, 0.25) is 11.8 Å². The maximum Gasteiger partial charge on any atom is 0.225 e. The lowest BCUT2D eigenvalue weighted by Crippen LogP contribution is -2.02. The Morgan fingerprint density at radius 2 is 2.11 bits per heavy atom. The summed E-state index contributed by atoms with van der Waals surface area (Å²) in [4.78, 5) is 8.04. The number of nitrogens with zero attached hydrogens (tertiary/aromatic N) is 2. The van der Waals surface area contributed by atoms with Crippen molar-refractivity contribution in [1.29, 1.82) is 0 Å². The Hall–Kier alpha value is -1.82. The Labute approximate surface area is 114 Å². The lowest BCUT2D eigenvalue weighted by molar-refractivity contribution is 0.398. The fourth-order valence-electron chi connectivity index (χ4n) is 1.49. The Kier molecular flexibility index (Phi) is 3.66. The standard InChI is InChI=1S/C12H13BrN4O/c1-7-8(13)4-3-5-9(7)15-10-6-11(18-2)17-12(14)16-10/h3-6H,1-2H3,(H3,14,15,16,17). The minimum Gasteiger partial charge on any atom is -0.481 e. The van der Waals surface area contributed by atoms with Crippen molar-refractivity contribution in [1.82, 2.24) is 9.97 Å². The van der Waals surface area contributed by atoms with Crippen LogP contribution in [0.2, 0.25) is 0 Å². The van der Waals surface area contributed by atoms with E-state index in [0.29, 0.717) is 11.7 Å². The number of rotatable bonds is 3. The predicted molar refractivity (Wildman–Crippen MR) is 75.2 cm³/mol. The van der Waals surface area contributed by atoms with Gasteiger partial charge in [0.25, 0.3) is 0 Å². The highest BCUT2D eigenvalue weighted by atomic mass is 79.9. The van der Waals surface area contributed by atoms with Gasteiger partial charge in [-0.25, -0.2) is 0 Å². The first kappa shape index (κ1) is 12.6. The zero-order chi connectivity index (χ0) is 13.1. The van der Waals surface area contributed by atoms with Crippen LogP contribution >= 0.6 is 15.9 Å². The number of methoxy groups -OCH3 is 1. The lowest BCUT2D eigenvalue weighted by Gasteiger charge is -2.11. The van der Waals surface area contributed by atoms with Gasteiger partial charge in [0.1, 0.15) is 5.82 Å². The number of nitrogens with one attached hydrogen (secondary N) is 1. The Morgan fingerprint density at radius 3 is 2.83 bits per heavy atom. The number of halogens is 1. The summed E-state index contributed by atoms with van der Waals surface area (Å²) in [6.07, 6.45) is 0. The van der Waals surface area contributed by atoms with Crippen LogP contribution in [0.5, 0.6) is 5.88 Å². The van der Waals surface area contributed by atoms with Gasteiger partial charge >= 0.3 is 0 Å². The molecule has 2 aromatic rings. The molecule has 18 heavy (non-hydrogen) atoms. The monoisotopic (exact) mass is 308 g/mol. The van der Waals surface area contributed by atoms with E-state index in [1.54, 1.807) is 6.07 Å². The first-order valence-electron chi connectivity index (χ1n) is 5.31. The van der Waals surface area contributed by atoms with Gasteiger partial charge in [-0.3, -0.25) is 0 Å². The molecule has 0 spiro atoms. The molecule has 1 aromatic heterocycles. The van der Waals surface area contributed by atoms with Crippen molar-refractivity contribution >= 4 is 33.4 Å². The number of hydrogen-bond acceptors (Lipinski definition) is 5. The van der Waals surface area contributed by atoms with Crippen LogP contribution in [-0.4, -0.2) is 17.1 Å². The molecule has 94 valence electrons. The number of anilines is 3. The fraction of sp³-hybridized carbons (Fsp3) is 0.167. The van der Waals surface area contributed by atoms with Crippen LogP contribution in [0.4, 0.5) is 17.5 Å². The summed E-state index contributed by atoms with van der Waals surface area (Å²) in [5.41, 5.74) is 7.65. The van der Waals surface area contributed by atoms with Gasteiger partial charge in [0.15, 0.2) is 0 Å². The zero-order valence-corrected chi connectivity index (χ0v) is 11.7. The zero-order valence-electron chi connectivity index (χ0n) is 10.1. The van der Waals surface area contributed by atoms with Crippen molar-refractivity contribution in [2.75, 3.05) is 18.2 Å². The highest BCUT2D eigenvalue weighted by Gasteiger charge is 2.06. The van der Waals surface area contributed by atoms with E-state index in [1.165, 1.54) is 7.11 Å². The van der Waals surface area contributed by atoms with Gasteiger partial charge in [0, 0.05) is 16.2 Å². The van der Waals surface area contributed by atoms with E-state index < -0.39 is 0 Å². The van der Waals surface area contributed by atoms with Crippen molar-refractivity contribution < 1.29 is 4.74 Å². The van der Waals surface area contributed by atoms with Crippen LogP contribution in [0.15, 0.2) is 28.7 Å². The number of nitrogens with two attached hydrogens (primary N) is 1. The van der Waals surface area contributed by atoms with E-state index in [4.69, 9.17) is 10.5 Å². The van der Waals surface area contributed by atoms with Gasteiger partial charge < -0.3 is 15.8 Å². The van der Waals surface area contributed by atoms with Crippen molar-refractivity contribution in [3.8, 4) is 5.88 Å². The summed E-state index contributed by atoms with van der Waals surface area (Å²) in [6.45, 7) is 2.01. The SMILES string of the molecule is COc1cc(Nc2cccc(Br)c2C)nc(N)n1. The van der Waals surface area contributed by atoms with Crippen LogP contribution in [-0.2, 0) is 0 Å².